The number of rotatable bonds is 4. The van der Waals surface area contributed by atoms with Crippen LogP contribution >= 0.6 is 11.6 Å². The molecule has 0 aromatic heterocycles. The third kappa shape index (κ3) is 4.13. The largest absolute Gasteiger partial charge is 0.506 e. The molecule has 2 atom stereocenters. The first-order valence-electron chi connectivity index (χ1n) is 11.6. The summed E-state index contributed by atoms with van der Waals surface area (Å²) in [6.07, 6.45) is 2.85. The molecule has 1 aliphatic carbocycles. The number of fused-ring (bicyclic) bond motifs is 5. The van der Waals surface area contributed by atoms with E-state index >= 15 is 0 Å². The van der Waals surface area contributed by atoms with Crippen LogP contribution < -0.4 is 0 Å². The van der Waals surface area contributed by atoms with Crippen LogP contribution in [0.2, 0.25) is 5.02 Å². The van der Waals surface area contributed by atoms with Crippen molar-refractivity contribution in [1.82, 2.24) is 9.21 Å². The van der Waals surface area contributed by atoms with E-state index in [1.165, 1.54) is 21.0 Å². The summed E-state index contributed by atoms with van der Waals surface area (Å²) in [5.74, 6) is 0.273. The zero-order valence-electron chi connectivity index (χ0n) is 19.4. The smallest absolute Gasteiger partial charge is 0.243 e. The van der Waals surface area contributed by atoms with Gasteiger partial charge in [-0.05, 0) is 78.4 Å². The monoisotopic (exact) mass is 496 g/mol. The predicted octanol–water partition coefficient (Wildman–Crippen LogP) is 4.80. The molecular formula is C27H29ClN2O3S. The van der Waals surface area contributed by atoms with Gasteiger partial charge < -0.3 is 10.0 Å². The normalized spacial score (nSPS) is 20.4. The molecule has 2 unspecified atom stereocenters. The minimum atomic E-state index is -3.55. The minimum Gasteiger partial charge on any atom is -0.506 e. The number of phenols is 1. The van der Waals surface area contributed by atoms with Crippen LogP contribution in [0.4, 0.5) is 0 Å². The highest BCUT2D eigenvalue weighted by Gasteiger charge is 2.37. The number of benzene rings is 3. The van der Waals surface area contributed by atoms with Gasteiger partial charge in [-0.25, -0.2) is 8.42 Å². The lowest BCUT2D eigenvalue weighted by atomic mass is 9.74. The Morgan fingerprint density at radius 1 is 1.03 bits per heavy atom. The Morgan fingerprint density at radius 3 is 2.53 bits per heavy atom. The molecule has 1 heterocycles. The molecule has 1 N–H and O–H groups in total. The molecule has 34 heavy (non-hydrogen) atoms. The van der Waals surface area contributed by atoms with Gasteiger partial charge in [0.05, 0.1) is 9.92 Å². The van der Waals surface area contributed by atoms with Crippen molar-refractivity contribution in [2.75, 3.05) is 20.6 Å². The van der Waals surface area contributed by atoms with Gasteiger partial charge in [-0.2, -0.15) is 4.31 Å². The first-order chi connectivity index (χ1) is 16.3. The van der Waals surface area contributed by atoms with Crippen LogP contribution in [0.25, 0.3) is 0 Å². The zero-order chi connectivity index (χ0) is 24.0. The van der Waals surface area contributed by atoms with E-state index in [1.807, 2.05) is 24.3 Å². The van der Waals surface area contributed by atoms with Crippen molar-refractivity contribution in [2.45, 2.75) is 42.7 Å². The number of hydrogen-bond donors (Lipinski definition) is 1. The van der Waals surface area contributed by atoms with Gasteiger partial charge in [-0.1, -0.05) is 48.0 Å². The van der Waals surface area contributed by atoms with Crippen LogP contribution in [-0.2, 0) is 29.4 Å². The van der Waals surface area contributed by atoms with E-state index in [0.717, 1.165) is 36.9 Å². The van der Waals surface area contributed by atoms with Gasteiger partial charge in [-0.15, -0.1) is 0 Å². The van der Waals surface area contributed by atoms with Crippen molar-refractivity contribution in [3.05, 3.63) is 93.5 Å². The number of likely N-dealkylation sites (N-methyl/N-ethyl adjacent to an activating group) is 1. The van der Waals surface area contributed by atoms with E-state index in [0.29, 0.717) is 22.5 Å². The molecule has 1 aliphatic heterocycles. The third-order valence-corrected chi connectivity index (χ3v) is 9.46. The maximum atomic E-state index is 13.0. The van der Waals surface area contributed by atoms with Gasteiger partial charge in [-0.3, -0.25) is 0 Å². The molecule has 0 saturated heterocycles. The van der Waals surface area contributed by atoms with Crippen molar-refractivity contribution in [2.24, 2.45) is 0 Å². The number of hydrogen-bond acceptors (Lipinski definition) is 4. The maximum Gasteiger partial charge on any atom is 0.243 e. The van der Waals surface area contributed by atoms with E-state index in [2.05, 4.69) is 24.1 Å². The second-order valence-corrected chi connectivity index (χ2v) is 11.9. The number of halogens is 1. The standard InChI is InChI=1S/C27H29ClN2O3S/c1-29-13-12-20-15-24(28)26(31)16-23(20)27-22-10-8-18(14-19(22)9-11-25(27)29)17-30(2)34(32,33)21-6-4-3-5-7-21/h3-8,10,14-16,25,27,31H,9,11-13,17H2,1-2H3. The Bertz CT molecular complexity index is 1330. The summed E-state index contributed by atoms with van der Waals surface area (Å²) in [7, 11) is 0.248. The SMILES string of the molecule is CN1CCc2cc(Cl)c(O)cc2C2c3ccc(CN(C)S(=O)(=O)c4ccccc4)cc3CCC21. The van der Waals surface area contributed by atoms with Crippen LogP contribution in [-0.4, -0.2) is 49.4 Å². The second-order valence-electron chi connectivity index (χ2n) is 9.42. The number of aromatic hydroxyl groups is 1. The molecule has 3 aromatic carbocycles. The molecular weight excluding hydrogens is 468 g/mol. The van der Waals surface area contributed by atoms with Crippen molar-refractivity contribution >= 4 is 21.6 Å². The van der Waals surface area contributed by atoms with Crippen LogP contribution in [0.1, 0.15) is 40.2 Å². The van der Waals surface area contributed by atoms with Gasteiger partial charge in [0.2, 0.25) is 10.0 Å². The molecule has 0 spiro atoms. The van der Waals surface area contributed by atoms with Crippen LogP contribution in [0.15, 0.2) is 65.6 Å². The topological polar surface area (TPSA) is 60.9 Å². The first kappa shape index (κ1) is 23.4. The molecule has 3 aromatic rings. The summed E-state index contributed by atoms with van der Waals surface area (Å²) in [5, 5.41) is 10.8. The number of nitrogens with zero attached hydrogens (tertiary/aromatic N) is 2. The average molecular weight is 497 g/mol. The van der Waals surface area contributed by atoms with Crippen LogP contribution in [0.5, 0.6) is 5.75 Å². The van der Waals surface area contributed by atoms with E-state index in [9.17, 15) is 13.5 Å². The molecule has 178 valence electrons. The van der Waals surface area contributed by atoms with Gasteiger partial charge in [0.1, 0.15) is 5.75 Å². The van der Waals surface area contributed by atoms with E-state index in [-0.39, 0.29) is 11.7 Å². The van der Waals surface area contributed by atoms with Crippen LogP contribution in [0.3, 0.4) is 0 Å². The van der Waals surface area contributed by atoms with Crippen molar-refractivity contribution in [3.63, 3.8) is 0 Å². The van der Waals surface area contributed by atoms with Crippen molar-refractivity contribution < 1.29 is 13.5 Å². The summed E-state index contributed by atoms with van der Waals surface area (Å²) in [6, 6.07) is 19.0. The molecule has 0 bridgehead atoms. The van der Waals surface area contributed by atoms with Crippen molar-refractivity contribution in [1.29, 1.82) is 0 Å². The molecule has 0 fully saturated rings. The fraction of sp³-hybridized carbons (Fsp3) is 0.333. The van der Waals surface area contributed by atoms with Gasteiger partial charge >= 0.3 is 0 Å². The van der Waals surface area contributed by atoms with Gasteiger partial charge in [0.25, 0.3) is 0 Å². The zero-order valence-corrected chi connectivity index (χ0v) is 21.0. The highest BCUT2D eigenvalue weighted by Crippen LogP contribution is 2.44. The highest BCUT2D eigenvalue weighted by atomic mass is 35.5. The maximum absolute atomic E-state index is 13.0. The minimum absolute atomic E-state index is 0.125. The highest BCUT2D eigenvalue weighted by molar-refractivity contribution is 7.89. The lowest BCUT2D eigenvalue weighted by molar-refractivity contribution is 0.214. The summed E-state index contributed by atoms with van der Waals surface area (Å²) in [6.45, 7) is 1.26. The van der Waals surface area contributed by atoms with Gasteiger partial charge in [0.15, 0.2) is 0 Å². The van der Waals surface area contributed by atoms with Crippen molar-refractivity contribution in [3.8, 4) is 5.75 Å². The average Bonchev–Trinajstić information content (AvgIpc) is 2.96. The van der Waals surface area contributed by atoms with E-state index in [1.54, 1.807) is 31.3 Å². The Kier molecular flexibility index (Phi) is 6.19. The first-order valence-corrected chi connectivity index (χ1v) is 13.4. The Labute approximate surface area is 206 Å². The quantitative estimate of drug-likeness (QED) is 0.563. The lowest BCUT2D eigenvalue weighted by Crippen LogP contribution is -2.39. The number of aryl methyl sites for hydroxylation is 1. The molecule has 7 heteroatoms. The van der Waals surface area contributed by atoms with E-state index < -0.39 is 10.0 Å². The molecule has 2 aliphatic rings. The molecule has 5 nitrogen and oxygen atoms in total. The summed E-state index contributed by atoms with van der Waals surface area (Å²) < 4.78 is 27.3. The second kappa shape index (κ2) is 9.00. The Morgan fingerprint density at radius 2 is 1.76 bits per heavy atom. The fourth-order valence-corrected chi connectivity index (χ4v) is 6.87. The predicted molar refractivity (Wildman–Crippen MR) is 135 cm³/mol. The number of sulfonamides is 1. The number of phenolic OH excluding ortho intramolecular Hbond substituents is 1. The summed E-state index contributed by atoms with van der Waals surface area (Å²) >= 11 is 6.24. The molecule has 0 amide bonds. The lowest BCUT2D eigenvalue weighted by Gasteiger charge is -2.38. The van der Waals surface area contributed by atoms with E-state index in [4.69, 9.17) is 11.6 Å². The fourth-order valence-electron chi connectivity index (χ4n) is 5.51. The Balaban J connectivity index is 1.49. The molecule has 5 rings (SSSR count). The molecule has 0 radical (unpaired) electrons. The van der Waals surface area contributed by atoms with Crippen LogP contribution in [0, 0.1) is 0 Å². The molecule has 0 saturated carbocycles. The third-order valence-electron chi connectivity index (χ3n) is 7.34. The van der Waals surface area contributed by atoms with Gasteiger partial charge in [0, 0.05) is 32.1 Å². The Hall–Kier alpha value is -2.38. The summed E-state index contributed by atoms with van der Waals surface area (Å²) in [5.41, 5.74) is 5.81. The summed E-state index contributed by atoms with van der Waals surface area (Å²) in [4.78, 5) is 2.72.